The van der Waals surface area contributed by atoms with Crippen LogP contribution in [0.2, 0.25) is 0 Å². The summed E-state index contributed by atoms with van der Waals surface area (Å²) < 4.78 is 6.01. The third-order valence-corrected chi connectivity index (χ3v) is 6.02. The fraction of sp³-hybridized carbons (Fsp3) is 1.00. The lowest BCUT2D eigenvalue weighted by atomic mass is 9.86. The molecule has 0 aromatic carbocycles. The van der Waals surface area contributed by atoms with Gasteiger partial charge in [0.15, 0.2) is 0 Å². The summed E-state index contributed by atoms with van der Waals surface area (Å²) >= 11 is 0. The molecule has 2 saturated heterocycles. The number of ether oxygens (including phenoxy) is 1. The van der Waals surface area contributed by atoms with Gasteiger partial charge in [-0.05, 0) is 64.6 Å². The Hall–Kier alpha value is -0.160. The Balaban J connectivity index is 1.73. The molecule has 3 fully saturated rings. The third kappa shape index (κ3) is 3.14. The first-order chi connectivity index (χ1) is 10.3. The van der Waals surface area contributed by atoms with Crippen LogP contribution in [0.15, 0.2) is 0 Å². The van der Waals surface area contributed by atoms with Crippen molar-refractivity contribution in [1.82, 2.24) is 9.80 Å². The molecule has 2 aliphatic heterocycles. The van der Waals surface area contributed by atoms with Gasteiger partial charge in [-0.15, -0.1) is 0 Å². The summed E-state index contributed by atoms with van der Waals surface area (Å²) in [5.41, 5.74) is 6.58. The van der Waals surface area contributed by atoms with Crippen LogP contribution in [0.1, 0.15) is 51.9 Å². The topological polar surface area (TPSA) is 41.7 Å². The Morgan fingerprint density at radius 2 is 2.05 bits per heavy atom. The summed E-state index contributed by atoms with van der Waals surface area (Å²) in [6.07, 6.45) is 9.45. The van der Waals surface area contributed by atoms with E-state index in [-0.39, 0.29) is 5.54 Å². The number of fused-ring (bicyclic) bond motifs is 1. The second-order valence-electron chi connectivity index (χ2n) is 7.22. The van der Waals surface area contributed by atoms with Gasteiger partial charge in [0.25, 0.3) is 0 Å². The van der Waals surface area contributed by atoms with E-state index in [4.69, 9.17) is 10.5 Å². The average Bonchev–Trinajstić information content (AvgIpc) is 2.89. The fourth-order valence-corrected chi connectivity index (χ4v) is 4.90. The normalized spacial score (nSPS) is 39.1. The number of likely N-dealkylation sites (tertiary alicyclic amines) is 1. The molecule has 4 nitrogen and oxygen atoms in total. The molecule has 0 radical (unpaired) electrons. The second kappa shape index (κ2) is 6.95. The predicted molar refractivity (Wildman–Crippen MR) is 86.5 cm³/mol. The molecule has 0 amide bonds. The van der Waals surface area contributed by atoms with Crippen molar-refractivity contribution in [1.29, 1.82) is 0 Å². The van der Waals surface area contributed by atoms with E-state index in [1.807, 2.05) is 0 Å². The van der Waals surface area contributed by atoms with E-state index in [2.05, 4.69) is 16.7 Å². The number of nitrogens with two attached hydrogens (primary N) is 1. The van der Waals surface area contributed by atoms with Crippen LogP contribution >= 0.6 is 0 Å². The molecule has 0 bridgehead atoms. The minimum absolute atomic E-state index is 0.236. The molecule has 2 heterocycles. The van der Waals surface area contributed by atoms with Gasteiger partial charge in [-0.2, -0.15) is 0 Å². The van der Waals surface area contributed by atoms with Crippen molar-refractivity contribution in [2.75, 3.05) is 39.3 Å². The number of hydrogen-bond donors (Lipinski definition) is 1. The maximum atomic E-state index is 6.34. The van der Waals surface area contributed by atoms with Gasteiger partial charge in [0.2, 0.25) is 0 Å². The van der Waals surface area contributed by atoms with E-state index < -0.39 is 0 Å². The van der Waals surface area contributed by atoms with E-state index in [1.54, 1.807) is 0 Å². The van der Waals surface area contributed by atoms with Crippen molar-refractivity contribution in [3.05, 3.63) is 0 Å². The van der Waals surface area contributed by atoms with Gasteiger partial charge in [-0.25, -0.2) is 0 Å². The van der Waals surface area contributed by atoms with Crippen molar-refractivity contribution in [3.63, 3.8) is 0 Å². The Bertz CT molecular complexity index is 338. The SMILES string of the molecule is CCCN1CCCC(CN)(N2CCOC3CCCC32)CC1. The number of morpholine rings is 1. The zero-order chi connectivity index (χ0) is 14.7. The first-order valence-electron chi connectivity index (χ1n) is 9.10. The smallest absolute Gasteiger partial charge is 0.0731 e. The molecule has 1 saturated carbocycles. The van der Waals surface area contributed by atoms with Gasteiger partial charge in [0.05, 0.1) is 12.7 Å². The standard InChI is InChI=1S/C17H33N3O/c1-2-9-19-10-4-7-17(14-18,8-11-19)20-12-13-21-16-6-3-5-15(16)20/h15-16H,2-14,18H2,1H3. The first kappa shape index (κ1) is 15.7. The Labute approximate surface area is 130 Å². The molecule has 0 aromatic heterocycles. The van der Waals surface area contributed by atoms with Crippen molar-refractivity contribution >= 4 is 0 Å². The minimum Gasteiger partial charge on any atom is -0.375 e. The third-order valence-electron chi connectivity index (χ3n) is 6.02. The Kier molecular flexibility index (Phi) is 5.20. The van der Waals surface area contributed by atoms with Crippen LogP contribution in [0.3, 0.4) is 0 Å². The van der Waals surface area contributed by atoms with Crippen molar-refractivity contribution in [3.8, 4) is 0 Å². The van der Waals surface area contributed by atoms with Gasteiger partial charge >= 0.3 is 0 Å². The highest BCUT2D eigenvalue weighted by molar-refractivity contribution is 5.02. The molecular weight excluding hydrogens is 262 g/mol. The molecule has 3 atom stereocenters. The highest BCUT2D eigenvalue weighted by Gasteiger charge is 2.46. The number of rotatable bonds is 4. The van der Waals surface area contributed by atoms with Crippen LogP contribution in [-0.2, 0) is 4.74 Å². The maximum Gasteiger partial charge on any atom is 0.0731 e. The summed E-state index contributed by atoms with van der Waals surface area (Å²) in [6, 6.07) is 0.639. The first-order valence-corrected chi connectivity index (χ1v) is 9.10. The Morgan fingerprint density at radius 3 is 2.86 bits per heavy atom. The van der Waals surface area contributed by atoms with Gasteiger partial charge in [0, 0.05) is 24.7 Å². The summed E-state index contributed by atoms with van der Waals surface area (Å²) in [5, 5.41) is 0. The number of hydrogen-bond acceptors (Lipinski definition) is 4. The lowest BCUT2D eigenvalue weighted by Gasteiger charge is -2.50. The Morgan fingerprint density at radius 1 is 1.14 bits per heavy atom. The number of nitrogens with zero attached hydrogens (tertiary/aromatic N) is 2. The molecule has 3 unspecified atom stereocenters. The molecule has 0 spiro atoms. The monoisotopic (exact) mass is 295 g/mol. The zero-order valence-electron chi connectivity index (χ0n) is 13.7. The lowest BCUT2D eigenvalue weighted by molar-refractivity contribution is -0.101. The van der Waals surface area contributed by atoms with E-state index in [0.29, 0.717) is 12.1 Å². The van der Waals surface area contributed by atoms with Crippen molar-refractivity contribution < 1.29 is 4.74 Å². The average molecular weight is 295 g/mol. The summed E-state index contributed by atoms with van der Waals surface area (Å²) in [5.74, 6) is 0. The fourth-order valence-electron chi connectivity index (χ4n) is 4.90. The highest BCUT2D eigenvalue weighted by Crippen LogP contribution is 2.38. The quantitative estimate of drug-likeness (QED) is 0.859. The van der Waals surface area contributed by atoms with Crippen molar-refractivity contribution in [2.24, 2.45) is 5.73 Å². The molecular formula is C17H33N3O. The van der Waals surface area contributed by atoms with Crippen LogP contribution in [0.4, 0.5) is 0 Å². The molecule has 4 heteroatoms. The highest BCUT2D eigenvalue weighted by atomic mass is 16.5. The van der Waals surface area contributed by atoms with Crippen LogP contribution in [-0.4, -0.2) is 66.8 Å². The van der Waals surface area contributed by atoms with E-state index in [9.17, 15) is 0 Å². The van der Waals surface area contributed by atoms with E-state index >= 15 is 0 Å². The lowest BCUT2D eigenvalue weighted by Crippen LogP contribution is -2.63. The largest absolute Gasteiger partial charge is 0.375 e. The van der Waals surface area contributed by atoms with Crippen LogP contribution in [0.5, 0.6) is 0 Å². The molecule has 2 N–H and O–H groups in total. The molecule has 3 rings (SSSR count). The summed E-state index contributed by atoms with van der Waals surface area (Å²) in [7, 11) is 0. The summed E-state index contributed by atoms with van der Waals surface area (Å²) in [6.45, 7) is 8.82. The zero-order valence-corrected chi connectivity index (χ0v) is 13.7. The van der Waals surface area contributed by atoms with Crippen molar-refractivity contribution in [2.45, 2.75) is 69.6 Å². The van der Waals surface area contributed by atoms with Gasteiger partial charge < -0.3 is 15.4 Å². The molecule has 1 aliphatic carbocycles. The minimum atomic E-state index is 0.236. The predicted octanol–water partition coefficient (Wildman–Crippen LogP) is 1.83. The van der Waals surface area contributed by atoms with Crippen LogP contribution < -0.4 is 5.73 Å². The maximum absolute atomic E-state index is 6.34. The van der Waals surface area contributed by atoms with Gasteiger partial charge in [-0.3, -0.25) is 4.90 Å². The van der Waals surface area contributed by atoms with Crippen LogP contribution in [0.25, 0.3) is 0 Å². The van der Waals surface area contributed by atoms with Gasteiger partial charge in [-0.1, -0.05) is 6.92 Å². The van der Waals surface area contributed by atoms with E-state index in [0.717, 1.165) is 19.7 Å². The van der Waals surface area contributed by atoms with Crippen LogP contribution in [0, 0.1) is 0 Å². The molecule has 21 heavy (non-hydrogen) atoms. The molecule has 3 aliphatic rings. The molecule has 122 valence electrons. The van der Waals surface area contributed by atoms with E-state index in [1.165, 1.54) is 64.6 Å². The summed E-state index contributed by atoms with van der Waals surface area (Å²) in [4.78, 5) is 5.42. The second-order valence-corrected chi connectivity index (χ2v) is 7.22. The molecule has 0 aromatic rings. The van der Waals surface area contributed by atoms with Gasteiger partial charge in [0.1, 0.15) is 0 Å².